The van der Waals surface area contributed by atoms with Crippen LogP contribution in [0.5, 0.6) is 0 Å². The lowest BCUT2D eigenvalue weighted by Crippen LogP contribution is -2.42. The molecule has 0 aliphatic carbocycles. The van der Waals surface area contributed by atoms with Crippen LogP contribution in [-0.4, -0.2) is 55.1 Å². The minimum atomic E-state index is -3.10. The first kappa shape index (κ1) is 19.9. The Morgan fingerprint density at radius 2 is 1.85 bits per heavy atom. The molecule has 1 unspecified atom stereocenters. The van der Waals surface area contributed by atoms with E-state index in [1.54, 1.807) is 31.2 Å². The van der Waals surface area contributed by atoms with Crippen molar-refractivity contribution in [3.8, 4) is 0 Å². The summed E-state index contributed by atoms with van der Waals surface area (Å²) in [5.41, 5.74) is 0.994. The lowest BCUT2D eigenvalue weighted by Gasteiger charge is -2.26. The summed E-state index contributed by atoms with van der Waals surface area (Å²) >= 11 is 0. The normalized spacial score (nSPS) is 18.2. The number of carbonyl (C=O) groups excluding carboxylic acids is 3. The van der Waals surface area contributed by atoms with E-state index < -0.39 is 21.7 Å². The maximum absolute atomic E-state index is 12.4. The van der Waals surface area contributed by atoms with Crippen LogP contribution in [0, 0.1) is 0 Å². The molecule has 0 bridgehead atoms. The molecule has 26 heavy (non-hydrogen) atoms. The third kappa shape index (κ3) is 5.55. The molecular weight excluding hydrogens is 358 g/mol. The van der Waals surface area contributed by atoms with Crippen molar-refractivity contribution in [2.75, 3.05) is 28.7 Å². The Hall–Kier alpha value is -2.42. The molecule has 1 aliphatic rings. The van der Waals surface area contributed by atoms with Crippen LogP contribution in [0.15, 0.2) is 24.3 Å². The van der Waals surface area contributed by atoms with E-state index in [1.165, 1.54) is 11.8 Å². The van der Waals surface area contributed by atoms with Crippen LogP contribution in [-0.2, 0) is 24.2 Å². The Bertz CT molecular complexity index is 806. The molecule has 9 heteroatoms. The number of nitrogens with zero attached hydrogens (tertiary/aromatic N) is 1. The molecule has 1 aromatic carbocycles. The van der Waals surface area contributed by atoms with E-state index in [0.29, 0.717) is 24.3 Å². The van der Waals surface area contributed by atoms with Crippen molar-refractivity contribution in [2.45, 2.75) is 32.7 Å². The van der Waals surface area contributed by atoms with E-state index in [4.69, 9.17) is 0 Å². The lowest BCUT2D eigenvalue weighted by atomic mass is 10.2. The number of hydrogen-bond donors (Lipinski definition) is 2. The van der Waals surface area contributed by atoms with Gasteiger partial charge in [0.2, 0.25) is 17.7 Å². The SMILES string of the molecule is CCN(C(=O)CC(=O)Nc1cccc(NC(C)=O)c1)C1CCS(=O)(=O)C1. The highest BCUT2D eigenvalue weighted by molar-refractivity contribution is 7.91. The molecule has 1 saturated heterocycles. The zero-order chi connectivity index (χ0) is 19.3. The molecule has 2 N–H and O–H groups in total. The fourth-order valence-electron chi connectivity index (χ4n) is 2.98. The number of carbonyl (C=O) groups is 3. The van der Waals surface area contributed by atoms with Crippen LogP contribution in [0.2, 0.25) is 0 Å². The van der Waals surface area contributed by atoms with Crippen molar-refractivity contribution in [1.29, 1.82) is 0 Å². The van der Waals surface area contributed by atoms with Crippen molar-refractivity contribution in [1.82, 2.24) is 4.90 Å². The first-order chi connectivity index (χ1) is 12.2. The van der Waals surface area contributed by atoms with E-state index in [9.17, 15) is 22.8 Å². The molecule has 142 valence electrons. The van der Waals surface area contributed by atoms with Crippen molar-refractivity contribution < 1.29 is 22.8 Å². The van der Waals surface area contributed by atoms with Crippen LogP contribution < -0.4 is 10.6 Å². The van der Waals surface area contributed by atoms with Gasteiger partial charge >= 0.3 is 0 Å². The first-order valence-electron chi connectivity index (χ1n) is 8.37. The van der Waals surface area contributed by atoms with Gasteiger partial charge in [-0.05, 0) is 31.5 Å². The summed E-state index contributed by atoms with van der Waals surface area (Å²) in [6.45, 7) is 3.49. The van der Waals surface area contributed by atoms with Crippen molar-refractivity contribution in [3.63, 3.8) is 0 Å². The predicted octanol–water partition coefficient (Wildman–Crippen LogP) is 1.01. The van der Waals surface area contributed by atoms with Gasteiger partial charge in [0.1, 0.15) is 6.42 Å². The Labute approximate surface area is 152 Å². The monoisotopic (exact) mass is 381 g/mol. The number of hydrogen-bond acceptors (Lipinski definition) is 5. The highest BCUT2D eigenvalue weighted by atomic mass is 32.2. The molecule has 1 fully saturated rings. The Morgan fingerprint density at radius 1 is 1.19 bits per heavy atom. The summed E-state index contributed by atoms with van der Waals surface area (Å²) in [6.07, 6.45) is 0.0387. The number of sulfone groups is 1. The second-order valence-electron chi connectivity index (χ2n) is 6.22. The predicted molar refractivity (Wildman–Crippen MR) is 98.4 cm³/mol. The smallest absolute Gasteiger partial charge is 0.233 e. The molecule has 0 saturated carbocycles. The number of nitrogens with one attached hydrogen (secondary N) is 2. The number of benzene rings is 1. The van der Waals surface area contributed by atoms with Gasteiger partial charge in [0.15, 0.2) is 9.84 Å². The number of rotatable bonds is 6. The van der Waals surface area contributed by atoms with Gasteiger partial charge in [-0.1, -0.05) is 6.07 Å². The largest absolute Gasteiger partial charge is 0.338 e. The van der Waals surface area contributed by atoms with Gasteiger partial charge in [0.05, 0.1) is 11.5 Å². The van der Waals surface area contributed by atoms with E-state index in [-0.39, 0.29) is 29.9 Å². The molecule has 1 aromatic rings. The molecule has 0 radical (unpaired) electrons. The third-order valence-corrected chi connectivity index (χ3v) is 5.84. The third-order valence-electron chi connectivity index (χ3n) is 4.09. The van der Waals surface area contributed by atoms with Gasteiger partial charge in [0.25, 0.3) is 0 Å². The summed E-state index contributed by atoms with van der Waals surface area (Å²) in [5.74, 6) is -1.09. The average molecular weight is 381 g/mol. The van der Waals surface area contributed by atoms with Gasteiger partial charge in [-0.15, -0.1) is 0 Å². The van der Waals surface area contributed by atoms with Crippen molar-refractivity contribution in [3.05, 3.63) is 24.3 Å². The van der Waals surface area contributed by atoms with Gasteiger partial charge in [-0.2, -0.15) is 0 Å². The lowest BCUT2D eigenvalue weighted by molar-refractivity contribution is -0.136. The fraction of sp³-hybridized carbons (Fsp3) is 0.471. The van der Waals surface area contributed by atoms with E-state index >= 15 is 0 Å². The highest BCUT2D eigenvalue weighted by Crippen LogP contribution is 2.19. The molecule has 1 aliphatic heterocycles. The average Bonchev–Trinajstić information content (AvgIpc) is 2.87. The fourth-order valence-corrected chi connectivity index (χ4v) is 4.71. The molecule has 8 nitrogen and oxygen atoms in total. The summed E-state index contributed by atoms with van der Waals surface area (Å²) in [5, 5.41) is 5.23. The van der Waals surface area contributed by atoms with Gasteiger partial charge < -0.3 is 15.5 Å². The summed E-state index contributed by atoms with van der Waals surface area (Å²) in [4.78, 5) is 37.1. The molecular formula is C17H23N3O5S. The quantitative estimate of drug-likeness (QED) is 0.714. The minimum Gasteiger partial charge on any atom is -0.338 e. The van der Waals surface area contributed by atoms with E-state index in [2.05, 4.69) is 10.6 Å². The Balaban J connectivity index is 1.96. The molecule has 1 heterocycles. The van der Waals surface area contributed by atoms with Crippen LogP contribution in [0.4, 0.5) is 11.4 Å². The van der Waals surface area contributed by atoms with Crippen LogP contribution in [0.3, 0.4) is 0 Å². The summed E-state index contributed by atoms with van der Waals surface area (Å²) < 4.78 is 23.2. The minimum absolute atomic E-state index is 0.0487. The van der Waals surface area contributed by atoms with Gasteiger partial charge in [-0.25, -0.2) is 8.42 Å². The standard InChI is InChI=1S/C17H23N3O5S/c1-3-20(15-7-8-26(24,25)11-15)17(23)10-16(22)19-14-6-4-5-13(9-14)18-12(2)21/h4-6,9,15H,3,7-8,10-11H2,1-2H3,(H,18,21)(H,19,22). The maximum Gasteiger partial charge on any atom is 0.233 e. The molecule has 2 rings (SSSR count). The summed E-state index contributed by atoms with van der Waals surface area (Å²) in [6, 6.07) is 6.22. The van der Waals surface area contributed by atoms with Crippen molar-refractivity contribution >= 4 is 38.9 Å². The van der Waals surface area contributed by atoms with Gasteiger partial charge in [-0.3, -0.25) is 14.4 Å². The Kier molecular flexibility index (Phi) is 6.36. The molecule has 0 spiro atoms. The highest BCUT2D eigenvalue weighted by Gasteiger charge is 2.34. The van der Waals surface area contributed by atoms with Crippen LogP contribution in [0.25, 0.3) is 0 Å². The topological polar surface area (TPSA) is 113 Å². The number of amides is 3. The van der Waals surface area contributed by atoms with Gasteiger partial charge in [0, 0.05) is 30.9 Å². The molecule has 1 atom stereocenters. The zero-order valence-corrected chi connectivity index (χ0v) is 15.6. The van der Waals surface area contributed by atoms with Crippen LogP contribution in [0.1, 0.15) is 26.7 Å². The van der Waals surface area contributed by atoms with Crippen molar-refractivity contribution in [2.24, 2.45) is 0 Å². The number of anilines is 2. The van der Waals surface area contributed by atoms with Crippen LogP contribution >= 0.6 is 0 Å². The Morgan fingerprint density at radius 3 is 2.38 bits per heavy atom. The molecule has 0 aromatic heterocycles. The first-order valence-corrected chi connectivity index (χ1v) is 10.2. The second-order valence-corrected chi connectivity index (χ2v) is 8.45. The van der Waals surface area contributed by atoms with E-state index in [1.807, 2.05) is 0 Å². The zero-order valence-electron chi connectivity index (χ0n) is 14.8. The summed E-state index contributed by atoms with van der Waals surface area (Å²) in [7, 11) is -3.10. The second kappa shape index (κ2) is 8.31. The maximum atomic E-state index is 12.4. The molecule has 3 amide bonds. The van der Waals surface area contributed by atoms with E-state index in [0.717, 1.165) is 0 Å².